The Labute approximate surface area is 197 Å². The molecule has 1 fully saturated rings. The first kappa shape index (κ1) is 21.2. The van der Waals surface area contributed by atoms with Crippen LogP contribution in [-0.2, 0) is 14.9 Å². The quantitative estimate of drug-likeness (QED) is 0.257. The minimum atomic E-state index is -0.481. The molecule has 7 heteroatoms. The van der Waals surface area contributed by atoms with Gasteiger partial charge in [0.25, 0.3) is 0 Å². The van der Waals surface area contributed by atoms with Crippen LogP contribution in [0, 0.1) is 12.8 Å². The maximum atomic E-state index is 12.9. The summed E-state index contributed by atoms with van der Waals surface area (Å²) in [7, 11) is 3.74. The maximum absolute atomic E-state index is 12.9. The van der Waals surface area contributed by atoms with Gasteiger partial charge >= 0.3 is 198 Å². The van der Waals surface area contributed by atoms with Crippen molar-refractivity contribution in [2.24, 2.45) is 5.92 Å². The number of fused-ring (bicyclic) bond motifs is 1. The number of phenols is 2. The first-order chi connectivity index (χ1) is 14.9. The zero-order valence-corrected chi connectivity index (χ0v) is 20.6. The van der Waals surface area contributed by atoms with E-state index in [0.717, 1.165) is 15.6 Å². The van der Waals surface area contributed by atoms with Crippen molar-refractivity contribution in [3.05, 3.63) is 64.9 Å². The van der Waals surface area contributed by atoms with E-state index < -0.39 is 5.41 Å². The van der Waals surface area contributed by atoms with Gasteiger partial charge in [0.1, 0.15) is 0 Å². The van der Waals surface area contributed by atoms with E-state index in [1.807, 2.05) is 12.1 Å². The predicted octanol–water partition coefficient (Wildman–Crippen LogP) is 0.928. The van der Waals surface area contributed by atoms with Crippen LogP contribution in [0.1, 0.15) is 28.4 Å². The number of allylic oxidation sites excluding steroid dienone is 1. The van der Waals surface area contributed by atoms with E-state index in [0.29, 0.717) is 12.2 Å². The Bertz CT molecular complexity index is 1100. The summed E-state index contributed by atoms with van der Waals surface area (Å²) in [5, 5.41) is 21.5. The SMILES string of the molecule is COC1=CC2[C@@H]3[C@H](Sc4cccc(C)c4)c4ccc(O)c(O)c4[C@]2(C[I-]N3C)CC1=O. The van der Waals surface area contributed by atoms with Gasteiger partial charge < -0.3 is 0 Å². The van der Waals surface area contributed by atoms with Crippen molar-refractivity contribution >= 4 is 17.5 Å². The summed E-state index contributed by atoms with van der Waals surface area (Å²) in [5.41, 5.74) is 2.52. The Kier molecular flexibility index (Phi) is 5.26. The molecule has 5 rings (SSSR count). The van der Waals surface area contributed by atoms with Crippen molar-refractivity contribution in [1.29, 1.82) is 0 Å². The first-order valence-electron chi connectivity index (χ1n) is 10.3. The molecule has 31 heavy (non-hydrogen) atoms. The van der Waals surface area contributed by atoms with Gasteiger partial charge in [-0.2, -0.15) is 0 Å². The summed E-state index contributed by atoms with van der Waals surface area (Å²) in [6.45, 7) is 2.09. The van der Waals surface area contributed by atoms with Gasteiger partial charge in [0, 0.05) is 0 Å². The summed E-state index contributed by atoms with van der Waals surface area (Å²) in [5.74, 6) is 0.245. The molecule has 3 aliphatic rings. The van der Waals surface area contributed by atoms with Gasteiger partial charge in [0.15, 0.2) is 0 Å². The first-order valence-corrected chi connectivity index (χ1v) is 13.6. The van der Waals surface area contributed by atoms with E-state index in [-0.39, 0.29) is 56.0 Å². The fourth-order valence-corrected chi connectivity index (χ4v) is 10.5. The topological polar surface area (TPSA) is 70.0 Å². The molecule has 5 nitrogen and oxygen atoms in total. The van der Waals surface area contributed by atoms with Crippen molar-refractivity contribution in [3.63, 3.8) is 0 Å². The number of ether oxygens (including phenoxy) is 1. The molecule has 1 aliphatic heterocycles. The second-order valence-corrected chi connectivity index (χ2v) is 12.7. The van der Waals surface area contributed by atoms with E-state index in [1.165, 1.54) is 10.5 Å². The van der Waals surface area contributed by atoms with Crippen LogP contribution in [-0.4, -0.2) is 43.7 Å². The summed E-state index contributed by atoms with van der Waals surface area (Å²) in [4.78, 5) is 14.1. The molecular formula is C24H25INO4S-. The number of benzene rings is 2. The van der Waals surface area contributed by atoms with E-state index in [9.17, 15) is 15.0 Å². The van der Waals surface area contributed by atoms with E-state index in [2.05, 4.69) is 41.4 Å². The van der Waals surface area contributed by atoms with Crippen LogP contribution in [0.4, 0.5) is 0 Å². The molecule has 2 bridgehead atoms. The minimum absolute atomic E-state index is 0.0236. The molecule has 4 atom stereocenters. The van der Waals surface area contributed by atoms with Gasteiger partial charge in [0.2, 0.25) is 0 Å². The third kappa shape index (κ3) is 3.19. The molecule has 0 aromatic heterocycles. The van der Waals surface area contributed by atoms with Crippen LogP contribution in [0.15, 0.2) is 53.1 Å². The van der Waals surface area contributed by atoms with Crippen molar-refractivity contribution in [3.8, 4) is 11.5 Å². The molecule has 164 valence electrons. The van der Waals surface area contributed by atoms with Crippen molar-refractivity contribution < 1.29 is 41.2 Å². The molecule has 1 heterocycles. The molecular weight excluding hydrogens is 525 g/mol. The van der Waals surface area contributed by atoms with Gasteiger partial charge in [-0.15, -0.1) is 0 Å². The number of halogens is 1. The molecule has 0 radical (unpaired) electrons. The normalized spacial score (nSPS) is 30.0. The molecule has 0 spiro atoms. The van der Waals surface area contributed by atoms with Gasteiger partial charge in [0.05, 0.1) is 0 Å². The molecule has 1 saturated heterocycles. The number of methoxy groups -OCH3 is 1. The number of phenolic OH excluding ortho intramolecular Hbond substituents is 2. The fraction of sp³-hybridized carbons (Fsp3) is 0.375. The van der Waals surface area contributed by atoms with Crippen molar-refractivity contribution in [2.45, 2.75) is 34.9 Å². The second kappa shape index (κ2) is 7.71. The van der Waals surface area contributed by atoms with Crippen LogP contribution in [0.5, 0.6) is 11.5 Å². The van der Waals surface area contributed by atoms with Crippen molar-refractivity contribution in [1.82, 2.24) is 3.11 Å². The number of Topliss-reactive ketones (excluding diaryl/α,β-unsaturated/α-hetero) is 1. The monoisotopic (exact) mass is 550 g/mol. The Balaban J connectivity index is 1.75. The zero-order valence-electron chi connectivity index (χ0n) is 17.6. The van der Waals surface area contributed by atoms with Crippen LogP contribution in [0.25, 0.3) is 0 Å². The number of aryl methyl sites for hydroxylation is 1. The molecule has 2 aromatic rings. The standard InChI is InChI=1S/C24H25INO4S/c1-13-5-4-6-14(9-13)31-23-15-7-8-17(27)22(29)20(15)24-11-18(28)19(30-3)10-16(24)21(23)26(2)25-12-24/h4-10,16,21,23,27,29H,11-12H2,1-3H3/q-1/t16?,21-,23-,24+/m1/s1. The third-order valence-electron chi connectivity index (χ3n) is 6.76. The van der Waals surface area contributed by atoms with Gasteiger partial charge in [-0.05, 0) is 0 Å². The predicted molar refractivity (Wildman–Crippen MR) is 116 cm³/mol. The average Bonchev–Trinajstić information content (AvgIpc) is 2.74. The van der Waals surface area contributed by atoms with Crippen LogP contribution in [0.3, 0.4) is 0 Å². The van der Waals surface area contributed by atoms with E-state index in [4.69, 9.17) is 4.74 Å². The average molecular weight is 550 g/mol. The van der Waals surface area contributed by atoms with Gasteiger partial charge in [-0.3, -0.25) is 0 Å². The molecule has 0 amide bonds. The fourth-order valence-electron chi connectivity index (χ4n) is 5.36. The summed E-state index contributed by atoms with van der Waals surface area (Å²) in [6, 6.07) is 12.2. The third-order valence-corrected chi connectivity index (χ3v) is 11.5. The number of ketones is 1. The number of likely N-dealkylation sites (N-methyl/N-ethyl adjacent to an activating group) is 1. The summed E-state index contributed by atoms with van der Waals surface area (Å²) in [6.07, 6.45) is 2.30. The van der Waals surface area contributed by atoms with E-state index >= 15 is 0 Å². The summed E-state index contributed by atoms with van der Waals surface area (Å²) < 4.78 is 8.79. The van der Waals surface area contributed by atoms with E-state index in [1.54, 1.807) is 24.9 Å². The molecule has 1 unspecified atom stereocenters. The van der Waals surface area contributed by atoms with Gasteiger partial charge in [-0.1, -0.05) is 0 Å². The Morgan fingerprint density at radius 3 is 2.81 bits per heavy atom. The Morgan fingerprint density at radius 2 is 2.06 bits per heavy atom. The molecule has 2 aromatic carbocycles. The number of nitrogens with zero attached hydrogens (tertiary/aromatic N) is 1. The van der Waals surface area contributed by atoms with Crippen LogP contribution in [0.2, 0.25) is 0 Å². The second-order valence-electron chi connectivity index (χ2n) is 8.54. The number of carbonyl (C=O) groups is 1. The zero-order chi connectivity index (χ0) is 21.9. The van der Waals surface area contributed by atoms with Crippen molar-refractivity contribution in [2.75, 3.05) is 18.6 Å². The van der Waals surface area contributed by atoms with Gasteiger partial charge in [-0.25, -0.2) is 0 Å². The Hall–Kier alpha value is -1.71. The number of aromatic hydroxyl groups is 2. The number of hydrogen-bond acceptors (Lipinski definition) is 6. The number of rotatable bonds is 3. The Morgan fingerprint density at radius 1 is 1.26 bits per heavy atom. The molecule has 2 N–H and O–H groups in total. The van der Waals surface area contributed by atoms with Crippen LogP contribution < -0.4 is 21.5 Å². The number of hydrogen-bond donors (Lipinski definition) is 2. The molecule has 0 saturated carbocycles. The molecule has 2 aliphatic carbocycles. The summed E-state index contributed by atoms with van der Waals surface area (Å²) >= 11 is 1.47. The number of thioether (sulfide) groups is 1. The number of carbonyl (C=O) groups excluding carboxylic acids is 1. The number of alkyl halides is 1. The van der Waals surface area contributed by atoms with Crippen LogP contribution >= 0.6 is 11.8 Å².